The molecule has 0 saturated carbocycles. The first-order valence-corrected chi connectivity index (χ1v) is 14.0. The summed E-state index contributed by atoms with van der Waals surface area (Å²) < 4.78 is 0. The van der Waals surface area contributed by atoms with Crippen molar-refractivity contribution >= 4 is 34.4 Å². The minimum Gasteiger partial charge on any atom is -0.361 e. The largest absolute Gasteiger partial charge is 0.361 e. The van der Waals surface area contributed by atoms with E-state index in [1.165, 1.54) is 5.56 Å². The van der Waals surface area contributed by atoms with Gasteiger partial charge < -0.3 is 25.8 Å². The predicted octanol–water partition coefficient (Wildman–Crippen LogP) is 2.93. The van der Waals surface area contributed by atoms with Crippen LogP contribution in [-0.2, 0) is 15.0 Å². The van der Waals surface area contributed by atoms with Crippen LogP contribution in [0.5, 0.6) is 0 Å². The number of fused-ring (bicyclic) bond motifs is 3. The monoisotopic (exact) mass is 554 g/mol. The van der Waals surface area contributed by atoms with E-state index in [9.17, 15) is 14.9 Å². The molecule has 3 heterocycles. The van der Waals surface area contributed by atoms with Crippen LogP contribution in [-0.4, -0.2) is 65.9 Å². The van der Waals surface area contributed by atoms with Gasteiger partial charge in [-0.25, -0.2) is 0 Å². The zero-order valence-electron chi connectivity index (χ0n) is 24.1. The third-order valence-electron chi connectivity index (χ3n) is 8.64. The van der Waals surface area contributed by atoms with Crippen molar-refractivity contribution in [2.24, 2.45) is 10.7 Å². The number of H-pyrrole nitrogens is 1. The van der Waals surface area contributed by atoms with Gasteiger partial charge in [-0.15, -0.1) is 0 Å². The van der Waals surface area contributed by atoms with Crippen molar-refractivity contribution in [3.63, 3.8) is 0 Å². The van der Waals surface area contributed by atoms with E-state index < -0.39 is 11.6 Å². The first kappa shape index (κ1) is 28.2. The number of nitrogens with one attached hydrogen (secondary N) is 3. The number of aromatic nitrogens is 1. The minimum atomic E-state index is -1.13. The first-order chi connectivity index (χ1) is 19.6. The number of likely N-dealkylation sites (tertiary alicyclic amines) is 1. The molecular formula is C31H38N8O2. The maximum absolute atomic E-state index is 14.2. The third kappa shape index (κ3) is 5.13. The number of piperidine rings is 1. The number of rotatable bonds is 5. The van der Waals surface area contributed by atoms with Gasteiger partial charge in [0, 0.05) is 60.8 Å². The number of nitrogens with zero attached hydrogens (tertiary/aromatic N) is 4. The quantitative estimate of drug-likeness (QED) is 0.165. The van der Waals surface area contributed by atoms with Crippen LogP contribution < -0.4 is 21.3 Å². The summed E-state index contributed by atoms with van der Waals surface area (Å²) in [7, 11) is 1.67. The number of aliphatic imine (C=N–C) groups is 1. The normalized spacial score (nSPS) is 18.1. The lowest BCUT2D eigenvalue weighted by Gasteiger charge is -2.42. The molecule has 0 aliphatic carbocycles. The summed E-state index contributed by atoms with van der Waals surface area (Å²) in [6.07, 6.45) is 5.41. The number of para-hydroxylation sites is 2. The van der Waals surface area contributed by atoms with Crippen LogP contribution in [0.3, 0.4) is 0 Å². The molecule has 0 bridgehead atoms. The summed E-state index contributed by atoms with van der Waals surface area (Å²) in [6.45, 7) is 7.02. The summed E-state index contributed by atoms with van der Waals surface area (Å²) in [5, 5.41) is 16.0. The molecule has 10 heteroatoms. The van der Waals surface area contributed by atoms with Gasteiger partial charge in [0.1, 0.15) is 6.04 Å². The Bertz CT molecular complexity index is 1520. The smallest absolute Gasteiger partial charge is 0.245 e. The molecule has 41 heavy (non-hydrogen) atoms. The molecule has 1 saturated heterocycles. The fourth-order valence-corrected chi connectivity index (χ4v) is 6.27. The zero-order valence-corrected chi connectivity index (χ0v) is 24.1. The average Bonchev–Trinajstić information content (AvgIpc) is 3.54. The Morgan fingerprint density at radius 1 is 1.15 bits per heavy atom. The van der Waals surface area contributed by atoms with Gasteiger partial charge in [0.2, 0.25) is 17.8 Å². The van der Waals surface area contributed by atoms with E-state index in [2.05, 4.69) is 37.6 Å². The molecule has 5 rings (SSSR count). The van der Waals surface area contributed by atoms with E-state index in [1.807, 2.05) is 60.6 Å². The Morgan fingerprint density at radius 3 is 2.51 bits per heavy atom. The van der Waals surface area contributed by atoms with E-state index in [1.54, 1.807) is 20.9 Å². The van der Waals surface area contributed by atoms with Gasteiger partial charge in [0.05, 0.1) is 5.54 Å². The molecule has 0 unspecified atom stereocenters. The van der Waals surface area contributed by atoms with Gasteiger partial charge in [0.25, 0.3) is 0 Å². The van der Waals surface area contributed by atoms with E-state index in [4.69, 9.17) is 5.73 Å². The molecule has 1 spiro atoms. The number of carbonyl (C=O) groups is 2. The summed E-state index contributed by atoms with van der Waals surface area (Å²) in [5.41, 5.74) is 9.00. The maximum atomic E-state index is 14.2. The highest BCUT2D eigenvalue weighted by Crippen LogP contribution is 2.47. The van der Waals surface area contributed by atoms with Crippen molar-refractivity contribution in [2.75, 3.05) is 31.6 Å². The molecule has 2 amide bonds. The van der Waals surface area contributed by atoms with Gasteiger partial charge >= 0.3 is 0 Å². The van der Waals surface area contributed by atoms with E-state index in [-0.39, 0.29) is 23.1 Å². The Balaban J connectivity index is 1.40. The first-order valence-electron chi connectivity index (χ1n) is 14.0. The lowest BCUT2D eigenvalue weighted by Crippen LogP contribution is -2.59. The molecule has 1 fully saturated rings. The number of aromatic amines is 1. The topological polar surface area (TPSA) is 143 Å². The highest BCUT2D eigenvalue weighted by molar-refractivity contribution is 5.99. The Morgan fingerprint density at radius 2 is 1.83 bits per heavy atom. The van der Waals surface area contributed by atoms with Crippen LogP contribution in [0.1, 0.15) is 50.7 Å². The molecule has 2 aromatic carbocycles. The van der Waals surface area contributed by atoms with Crippen molar-refractivity contribution in [2.45, 2.75) is 56.5 Å². The van der Waals surface area contributed by atoms with Crippen LogP contribution in [0, 0.1) is 11.5 Å². The molecule has 2 aliphatic heterocycles. The number of hydrogen-bond donors (Lipinski definition) is 4. The summed E-state index contributed by atoms with van der Waals surface area (Å²) in [4.78, 5) is 38.8. The highest BCUT2D eigenvalue weighted by atomic mass is 16.2. The van der Waals surface area contributed by atoms with Crippen LogP contribution in [0.2, 0.25) is 0 Å². The Labute approximate surface area is 240 Å². The second-order valence-corrected chi connectivity index (χ2v) is 11.7. The average molecular weight is 555 g/mol. The van der Waals surface area contributed by atoms with Crippen molar-refractivity contribution < 1.29 is 9.59 Å². The number of anilines is 1. The van der Waals surface area contributed by atoms with Gasteiger partial charge in [0.15, 0.2) is 6.19 Å². The number of benzene rings is 2. The van der Waals surface area contributed by atoms with Crippen LogP contribution in [0.4, 0.5) is 5.69 Å². The van der Waals surface area contributed by atoms with E-state index >= 15 is 0 Å². The molecule has 10 nitrogen and oxygen atoms in total. The van der Waals surface area contributed by atoms with Gasteiger partial charge in [-0.2, -0.15) is 5.26 Å². The standard InChI is InChI=1S/C31H38N8O2/c1-20(22-17-35-24-11-7-5-9-21(22)24)26(37-28(41)30(2,3)33)27(40)38-15-13-31(14-16-38)18-39(29(34-4)36-19-32)25-12-8-6-10-23(25)31/h5-12,17,20,26,35H,13-16,18,33H2,1-4H3,(H,34,36)(H,37,41)/t20-,26-/m1/s1. The number of hydrogen-bond acceptors (Lipinski definition) is 5. The second kappa shape index (κ2) is 10.9. The van der Waals surface area contributed by atoms with Gasteiger partial charge in [-0.05, 0) is 49.9 Å². The molecule has 214 valence electrons. The van der Waals surface area contributed by atoms with Crippen LogP contribution >= 0.6 is 0 Å². The molecule has 0 radical (unpaired) electrons. The summed E-state index contributed by atoms with van der Waals surface area (Å²) in [5.74, 6) is -0.257. The van der Waals surface area contributed by atoms with Crippen molar-refractivity contribution in [1.29, 1.82) is 5.26 Å². The summed E-state index contributed by atoms with van der Waals surface area (Å²) in [6, 6.07) is 15.4. The fraction of sp³-hybridized carbons (Fsp3) is 0.419. The lowest BCUT2D eigenvalue weighted by atomic mass is 9.74. The van der Waals surface area contributed by atoms with Crippen LogP contribution in [0.25, 0.3) is 10.9 Å². The van der Waals surface area contributed by atoms with Crippen LogP contribution in [0.15, 0.2) is 59.7 Å². The second-order valence-electron chi connectivity index (χ2n) is 11.7. The number of guanidine groups is 1. The number of amides is 2. The number of nitrogens with two attached hydrogens (primary N) is 1. The fourth-order valence-electron chi connectivity index (χ4n) is 6.27. The van der Waals surface area contributed by atoms with E-state index in [0.717, 1.165) is 35.0 Å². The zero-order chi connectivity index (χ0) is 29.4. The van der Waals surface area contributed by atoms with Crippen molar-refractivity contribution in [3.05, 3.63) is 65.9 Å². The van der Waals surface area contributed by atoms with E-state index in [0.29, 0.717) is 25.6 Å². The Kier molecular flexibility index (Phi) is 7.49. The molecule has 2 aliphatic rings. The summed E-state index contributed by atoms with van der Waals surface area (Å²) >= 11 is 0. The van der Waals surface area contributed by atoms with Crippen molar-refractivity contribution in [1.82, 2.24) is 20.5 Å². The lowest BCUT2D eigenvalue weighted by molar-refractivity contribution is -0.139. The third-order valence-corrected chi connectivity index (χ3v) is 8.64. The van der Waals surface area contributed by atoms with Gasteiger partial charge in [-0.3, -0.25) is 19.9 Å². The molecule has 3 aromatic rings. The number of nitriles is 1. The van der Waals surface area contributed by atoms with Crippen molar-refractivity contribution in [3.8, 4) is 6.19 Å². The Hall–Kier alpha value is -4.36. The van der Waals surface area contributed by atoms with Gasteiger partial charge in [-0.1, -0.05) is 43.3 Å². The molecule has 1 aromatic heterocycles. The molecule has 2 atom stereocenters. The highest BCUT2D eigenvalue weighted by Gasteiger charge is 2.47. The molecule has 5 N–H and O–H groups in total. The minimum absolute atomic E-state index is 0.111. The maximum Gasteiger partial charge on any atom is 0.245 e. The number of carbonyl (C=O) groups excluding carboxylic acids is 2. The SMILES string of the molecule is CN=C(NC#N)N1CC2(CCN(C(=O)[C@H](NC(=O)C(C)(C)N)[C@H](C)c3c[nH]c4ccccc34)CC2)c2ccccc21. The predicted molar refractivity (Wildman–Crippen MR) is 160 cm³/mol. The molecular weight excluding hydrogens is 516 g/mol.